The lowest BCUT2D eigenvalue weighted by Gasteiger charge is -2.23. The zero-order chi connectivity index (χ0) is 13.7. The highest BCUT2D eigenvalue weighted by atomic mass is 16.2. The van der Waals surface area contributed by atoms with Crippen molar-refractivity contribution in [3.05, 3.63) is 42.5 Å². The summed E-state index contributed by atoms with van der Waals surface area (Å²) < 4.78 is 0. The van der Waals surface area contributed by atoms with Gasteiger partial charge < -0.3 is 5.73 Å². The van der Waals surface area contributed by atoms with Gasteiger partial charge in [-0.05, 0) is 12.1 Å². The molecule has 1 aromatic rings. The molecule has 0 radical (unpaired) electrons. The molecule has 5 nitrogen and oxygen atoms in total. The molecule has 0 spiro atoms. The number of nitrogens with zero attached hydrogens (tertiary/aromatic N) is 2. The van der Waals surface area contributed by atoms with Crippen LogP contribution in [0.3, 0.4) is 0 Å². The monoisotopic (exact) mass is 245 g/mol. The molecule has 18 heavy (non-hydrogen) atoms. The molecule has 0 aromatic heterocycles. The van der Waals surface area contributed by atoms with Crippen LogP contribution >= 0.6 is 0 Å². The van der Waals surface area contributed by atoms with E-state index < -0.39 is 11.9 Å². The van der Waals surface area contributed by atoms with Crippen LogP contribution in [0.4, 0.5) is 10.5 Å². The van der Waals surface area contributed by atoms with Gasteiger partial charge in [0.25, 0.3) is 5.91 Å². The van der Waals surface area contributed by atoms with Crippen LogP contribution in [0.2, 0.25) is 0 Å². The molecule has 0 bridgehead atoms. The van der Waals surface area contributed by atoms with E-state index in [0.717, 1.165) is 4.90 Å². The predicted octanol–water partition coefficient (Wildman–Crippen LogP) is 2.09. The van der Waals surface area contributed by atoms with E-state index in [-0.39, 0.29) is 11.4 Å². The Morgan fingerprint density at radius 3 is 2.28 bits per heavy atom. The zero-order valence-corrected chi connectivity index (χ0v) is 10.4. The summed E-state index contributed by atoms with van der Waals surface area (Å²) in [4.78, 5) is 27.8. The highest BCUT2D eigenvalue weighted by molar-refractivity contribution is 6.36. The number of nitrogens with two attached hydrogens (primary N) is 1. The van der Waals surface area contributed by atoms with E-state index in [1.165, 1.54) is 0 Å². The first-order chi connectivity index (χ1) is 8.61. The molecule has 5 heteroatoms. The summed E-state index contributed by atoms with van der Waals surface area (Å²) in [7, 11) is 0. The summed E-state index contributed by atoms with van der Waals surface area (Å²) in [5.74, 6) is -0.661. The summed E-state index contributed by atoms with van der Waals surface area (Å²) in [5, 5.41) is 0. The van der Waals surface area contributed by atoms with Crippen molar-refractivity contribution in [2.24, 2.45) is 10.7 Å². The van der Waals surface area contributed by atoms with Crippen molar-refractivity contribution in [3.8, 4) is 0 Å². The maximum atomic E-state index is 11.8. The number of imide groups is 1. The summed E-state index contributed by atoms with van der Waals surface area (Å²) in [5.41, 5.74) is 5.87. The van der Waals surface area contributed by atoms with Gasteiger partial charge in [-0.3, -0.25) is 4.79 Å². The van der Waals surface area contributed by atoms with Crippen LogP contribution in [-0.4, -0.2) is 17.8 Å². The summed E-state index contributed by atoms with van der Waals surface area (Å²) >= 11 is 0. The first-order valence-corrected chi connectivity index (χ1v) is 5.58. The molecule has 0 saturated heterocycles. The van der Waals surface area contributed by atoms with Crippen molar-refractivity contribution in [2.45, 2.75) is 13.8 Å². The topological polar surface area (TPSA) is 75.8 Å². The van der Waals surface area contributed by atoms with Crippen molar-refractivity contribution in [2.75, 3.05) is 4.90 Å². The molecule has 1 aliphatic heterocycles. The Morgan fingerprint density at radius 1 is 1.17 bits per heavy atom. The Bertz CT molecular complexity index is 506. The Kier molecular flexibility index (Phi) is 4.37. The number of anilines is 1. The fraction of sp³-hybridized carbons (Fsp3) is 0.154. The molecule has 0 aliphatic carbocycles. The fourth-order valence-corrected chi connectivity index (χ4v) is 1.36. The van der Waals surface area contributed by atoms with Gasteiger partial charge in [-0.2, -0.15) is 4.99 Å². The number of hydrogen-bond acceptors (Lipinski definition) is 3. The zero-order valence-electron chi connectivity index (χ0n) is 10.4. The van der Waals surface area contributed by atoms with E-state index in [1.807, 2.05) is 13.8 Å². The smallest absolute Gasteiger partial charge is 0.357 e. The number of urea groups is 1. The minimum absolute atomic E-state index is 0.0310. The van der Waals surface area contributed by atoms with Crippen molar-refractivity contribution < 1.29 is 9.59 Å². The molecule has 0 atom stereocenters. The van der Waals surface area contributed by atoms with E-state index in [2.05, 4.69) is 11.6 Å². The Hall–Kier alpha value is -2.43. The van der Waals surface area contributed by atoms with Gasteiger partial charge in [0.15, 0.2) is 0 Å². The maximum Gasteiger partial charge on any atom is 0.357 e. The molecule has 2 N–H and O–H groups in total. The van der Waals surface area contributed by atoms with Crippen LogP contribution < -0.4 is 10.6 Å². The van der Waals surface area contributed by atoms with Gasteiger partial charge in [0.05, 0.1) is 11.3 Å². The van der Waals surface area contributed by atoms with Gasteiger partial charge >= 0.3 is 6.03 Å². The molecule has 3 amide bonds. The summed E-state index contributed by atoms with van der Waals surface area (Å²) in [6.07, 6.45) is 0. The number of carbonyl (C=O) groups is 2. The van der Waals surface area contributed by atoms with Gasteiger partial charge in [0.1, 0.15) is 5.84 Å². The molecule has 2 rings (SSSR count). The maximum absolute atomic E-state index is 11.8. The standard InChI is InChI=1S/C11H9N3O2.C2H6/c1-7-9(12)13-11(16)14(10(7)15)8-5-3-2-4-6-8;1-2/h2-6H,1H2,(H2,12,13,16);1-2H3. The van der Waals surface area contributed by atoms with Crippen LogP contribution in [0.5, 0.6) is 0 Å². The van der Waals surface area contributed by atoms with E-state index in [1.54, 1.807) is 30.3 Å². The first-order valence-electron chi connectivity index (χ1n) is 5.58. The lowest BCUT2D eigenvalue weighted by molar-refractivity contribution is -0.114. The van der Waals surface area contributed by atoms with Crippen molar-refractivity contribution in [3.63, 3.8) is 0 Å². The van der Waals surface area contributed by atoms with E-state index in [9.17, 15) is 9.59 Å². The summed E-state index contributed by atoms with van der Waals surface area (Å²) in [6.45, 7) is 7.49. The van der Waals surface area contributed by atoms with Gasteiger partial charge in [-0.15, -0.1) is 0 Å². The van der Waals surface area contributed by atoms with Gasteiger partial charge in [0.2, 0.25) is 0 Å². The fourth-order valence-electron chi connectivity index (χ4n) is 1.36. The highest BCUT2D eigenvalue weighted by Crippen LogP contribution is 2.19. The second kappa shape index (κ2) is 5.77. The summed E-state index contributed by atoms with van der Waals surface area (Å²) in [6, 6.07) is 7.82. The van der Waals surface area contributed by atoms with Crippen molar-refractivity contribution in [1.29, 1.82) is 0 Å². The third-order valence-corrected chi connectivity index (χ3v) is 2.19. The van der Waals surface area contributed by atoms with Crippen LogP contribution in [0.1, 0.15) is 13.8 Å². The molecular formula is C13H15N3O2. The van der Waals surface area contributed by atoms with Crippen LogP contribution in [0.15, 0.2) is 47.5 Å². The first kappa shape index (κ1) is 13.6. The molecule has 94 valence electrons. The van der Waals surface area contributed by atoms with Crippen LogP contribution in [0, 0.1) is 0 Å². The molecule has 1 heterocycles. The van der Waals surface area contributed by atoms with Crippen LogP contribution in [-0.2, 0) is 4.79 Å². The number of hydrogen-bond donors (Lipinski definition) is 1. The quantitative estimate of drug-likeness (QED) is 0.770. The predicted molar refractivity (Wildman–Crippen MR) is 71.4 cm³/mol. The van der Waals surface area contributed by atoms with E-state index >= 15 is 0 Å². The number of amides is 3. The second-order valence-corrected chi connectivity index (χ2v) is 3.23. The average molecular weight is 245 g/mol. The number of amidine groups is 1. The molecule has 1 aromatic carbocycles. The molecule has 0 unspecified atom stereocenters. The number of carbonyl (C=O) groups excluding carboxylic acids is 2. The van der Waals surface area contributed by atoms with E-state index in [0.29, 0.717) is 5.69 Å². The lowest BCUT2D eigenvalue weighted by atomic mass is 10.2. The molecule has 0 saturated carbocycles. The normalized spacial score (nSPS) is 14.9. The number of aliphatic imine (C=N–C) groups is 1. The largest absolute Gasteiger partial charge is 0.383 e. The van der Waals surface area contributed by atoms with Gasteiger partial charge in [0, 0.05) is 0 Å². The molecular weight excluding hydrogens is 230 g/mol. The Balaban J connectivity index is 0.000000771. The van der Waals surface area contributed by atoms with Gasteiger partial charge in [-0.25, -0.2) is 9.69 Å². The van der Waals surface area contributed by atoms with Crippen molar-refractivity contribution in [1.82, 2.24) is 0 Å². The minimum atomic E-state index is -0.693. The highest BCUT2D eigenvalue weighted by Gasteiger charge is 2.31. The Labute approximate surface area is 106 Å². The lowest BCUT2D eigenvalue weighted by Crippen LogP contribution is -2.44. The molecule has 0 fully saturated rings. The van der Waals surface area contributed by atoms with E-state index in [4.69, 9.17) is 5.73 Å². The molecule has 1 aliphatic rings. The van der Waals surface area contributed by atoms with Crippen LogP contribution in [0.25, 0.3) is 0 Å². The number of benzene rings is 1. The minimum Gasteiger partial charge on any atom is -0.383 e. The SMILES string of the molecule is C=C1C(=O)N(c2ccccc2)C(=O)N=C1N.CC. The second-order valence-electron chi connectivity index (χ2n) is 3.23. The number of rotatable bonds is 1. The third-order valence-electron chi connectivity index (χ3n) is 2.19. The third kappa shape index (κ3) is 2.45. The van der Waals surface area contributed by atoms with Crippen molar-refractivity contribution >= 4 is 23.5 Å². The number of para-hydroxylation sites is 1. The van der Waals surface area contributed by atoms with Gasteiger partial charge in [-0.1, -0.05) is 38.6 Å². The Morgan fingerprint density at radius 2 is 1.72 bits per heavy atom. The average Bonchev–Trinajstić information content (AvgIpc) is 2.40.